The third kappa shape index (κ3) is 2.99. The zero-order chi connectivity index (χ0) is 12.3. The van der Waals surface area contributed by atoms with E-state index in [4.69, 9.17) is 0 Å². The number of nitrogens with zero attached hydrogens (tertiary/aromatic N) is 1. The number of carbonyl (C=O) groups excluding carboxylic acids is 1. The van der Waals surface area contributed by atoms with Crippen LogP contribution in [-0.2, 0) is 9.53 Å². The van der Waals surface area contributed by atoms with Gasteiger partial charge >= 0.3 is 5.97 Å². The maximum absolute atomic E-state index is 11.1. The normalized spacial score (nSPS) is 26.0. The van der Waals surface area contributed by atoms with Crippen LogP contribution in [0.5, 0.6) is 0 Å². The van der Waals surface area contributed by atoms with Gasteiger partial charge in [0.2, 0.25) is 0 Å². The Hall–Kier alpha value is -0.610. The van der Waals surface area contributed by atoms with Gasteiger partial charge in [0.25, 0.3) is 0 Å². The fourth-order valence-electron chi connectivity index (χ4n) is 3.28. The molecule has 1 aliphatic heterocycles. The Morgan fingerprint density at radius 1 is 1.29 bits per heavy atom. The fourth-order valence-corrected chi connectivity index (χ4v) is 3.28. The molecule has 1 saturated heterocycles. The van der Waals surface area contributed by atoms with E-state index >= 15 is 0 Å². The van der Waals surface area contributed by atoms with Crippen LogP contribution in [0, 0.1) is 5.41 Å². The second-order valence-corrected chi connectivity index (χ2v) is 5.62. The summed E-state index contributed by atoms with van der Waals surface area (Å²) in [7, 11) is 1.31. The Morgan fingerprint density at radius 3 is 2.41 bits per heavy atom. The fraction of sp³-hybridized carbons (Fsp3) is 0.923. The van der Waals surface area contributed by atoms with Crippen LogP contribution in [0.3, 0.4) is 0 Å². The van der Waals surface area contributed by atoms with Crippen molar-refractivity contribution >= 4 is 5.97 Å². The van der Waals surface area contributed by atoms with Crippen molar-refractivity contribution in [2.45, 2.75) is 44.6 Å². The molecular formula is C13H23NO3. The summed E-state index contributed by atoms with van der Waals surface area (Å²) in [5.41, 5.74) is 0.492. The molecule has 2 rings (SSSR count). The molecule has 17 heavy (non-hydrogen) atoms. The van der Waals surface area contributed by atoms with Gasteiger partial charge < -0.3 is 9.84 Å². The third-order valence-corrected chi connectivity index (χ3v) is 4.19. The van der Waals surface area contributed by atoms with Gasteiger partial charge in [-0.15, -0.1) is 0 Å². The van der Waals surface area contributed by atoms with E-state index < -0.39 is 12.1 Å². The van der Waals surface area contributed by atoms with Gasteiger partial charge in [0, 0.05) is 19.6 Å². The maximum atomic E-state index is 11.1. The number of methoxy groups -OCH3 is 1. The van der Waals surface area contributed by atoms with Crippen LogP contribution in [0.25, 0.3) is 0 Å². The molecule has 0 aromatic carbocycles. The standard InChI is InChI=1S/C13H23NO3/c1-17-12(16)11(15)8-14-9-13(10-14)6-4-2-3-5-7-13/h11,15H,2-10H2,1H3. The monoisotopic (exact) mass is 241 g/mol. The molecule has 1 unspecified atom stereocenters. The number of aliphatic hydroxyl groups excluding tert-OH is 1. The second-order valence-electron chi connectivity index (χ2n) is 5.62. The minimum absolute atomic E-state index is 0.425. The van der Waals surface area contributed by atoms with Gasteiger partial charge in [0.15, 0.2) is 6.10 Å². The lowest BCUT2D eigenvalue weighted by molar-refractivity contribution is -0.153. The van der Waals surface area contributed by atoms with Gasteiger partial charge in [-0.25, -0.2) is 4.79 Å². The lowest BCUT2D eigenvalue weighted by Crippen LogP contribution is -2.58. The van der Waals surface area contributed by atoms with Crippen LogP contribution in [0.15, 0.2) is 0 Å². The number of esters is 1. The van der Waals surface area contributed by atoms with Crippen molar-refractivity contribution in [2.75, 3.05) is 26.7 Å². The van der Waals surface area contributed by atoms with E-state index in [1.54, 1.807) is 0 Å². The highest BCUT2D eigenvalue weighted by molar-refractivity contribution is 5.74. The van der Waals surface area contributed by atoms with Crippen LogP contribution < -0.4 is 0 Å². The Kier molecular flexibility index (Phi) is 4.05. The highest BCUT2D eigenvalue weighted by atomic mass is 16.5. The lowest BCUT2D eigenvalue weighted by atomic mass is 9.73. The first-order chi connectivity index (χ1) is 8.15. The molecule has 0 aromatic rings. The van der Waals surface area contributed by atoms with Crippen molar-refractivity contribution in [1.29, 1.82) is 0 Å². The average molecular weight is 241 g/mol. The van der Waals surface area contributed by atoms with E-state index in [2.05, 4.69) is 9.64 Å². The quantitative estimate of drug-likeness (QED) is 0.754. The Labute approximate surface area is 103 Å². The molecule has 0 bridgehead atoms. The van der Waals surface area contributed by atoms with Gasteiger partial charge in [-0.05, 0) is 18.3 Å². The highest BCUT2D eigenvalue weighted by Crippen LogP contribution is 2.42. The van der Waals surface area contributed by atoms with Crippen LogP contribution in [0.1, 0.15) is 38.5 Å². The molecule has 0 aromatic heterocycles. The molecule has 1 heterocycles. The molecule has 2 aliphatic rings. The molecule has 4 nitrogen and oxygen atoms in total. The molecule has 0 radical (unpaired) electrons. The number of ether oxygens (including phenoxy) is 1. The van der Waals surface area contributed by atoms with Gasteiger partial charge in [-0.1, -0.05) is 25.7 Å². The minimum atomic E-state index is -0.983. The zero-order valence-corrected chi connectivity index (χ0v) is 10.7. The summed E-state index contributed by atoms with van der Waals surface area (Å²) in [4.78, 5) is 13.3. The second kappa shape index (κ2) is 5.36. The number of carbonyl (C=O) groups is 1. The van der Waals surface area contributed by atoms with E-state index in [1.165, 1.54) is 45.6 Å². The predicted octanol–water partition coefficient (Wildman–Crippen LogP) is 1.18. The lowest BCUT2D eigenvalue weighted by Gasteiger charge is -2.50. The van der Waals surface area contributed by atoms with Gasteiger partial charge in [0.05, 0.1) is 7.11 Å². The Balaban J connectivity index is 1.75. The van der Waals surface area contributed by atoms with Crippen molar-refractivity contribution in [2.24, 2.45) is 5.41 Å². The molecule has 2 fully saturated rings. The number of hydrogen-bond donors (Lipinski definition) is 1. The zero-order valence-electron chi connectivity index (χ0n) is 10.7. The molecule has 1 spiro atoms. The van der Waals surface area contributed by atoms with Crippen molar-refractivity contribution in [3.8, 4) is 0 Å². The summed E-state index contributed by atoms with van der Waals surface area (Å²) in [6.45, 7) is 2.51. The number of likely N-dealkylation sites (tertiary alicyclic amines) is 1. The molecule has 0 amide bonds. The van der Waals surface area contributed by atoms with Crippen molar-refractivity contribution in [3.63, 3.8) is 0 Å². The van der Waals surface area contributed by atoms with Gasteiger partial charge in [-0.3, -0.25) is 4.90 Å². The average Bonchev–Trinajstić information content (AvgIpc) is 2.53. The van der Waals surface area contributed by atoms with Crippen LogP contribution in [0.4, 0.5) is 0 Å². The largest absolute Gasteiger partial charge is 0.467 e. The van der Waals surface area contributed by atoms with Crippen molar-refractivity contribution in [1.82, 2.24) is 4.90 Å². The summed E-state index contributed by atoms with van der Waals surface area (Å²) in [5, 5.41) is 9.58. The number of hydrogen-bond acceptors (Lipinski definition) is 4. The van der Waals surface area contributed by atoms with Crippen molar-refractivity contribution < 1.29 is 14.6 Å². The van der Waals surface area contributed by atoms with Crippen molar-refractivity contribution in [3.05, 3.63) is 0 Å². The number of aliphatic hydroxyl groups is 1. The van der Waals surface area contributed by atoms with Gasteiger partial charge in [0.1, 0.15) is 0 Å². The maximum Gasteiger partial charge on any atom is 0.336 e. The van der Waals surface area contributed by atoms with Gasteiger partial charge in [-0.2, -0.15) is 0 Å². The van der Waals surface area contributed by atoms with Crippen LogP contribution in [-0.4, -0.2) is 48.8 Å². The molecule has 98 valence electrons. The first kappa shape index (κ1) is 12.8. The Morgan fingerprint density at radius 2 is 1.88 bits per heavy atom. The van der Waals surface area contributed by atoms with Crippen LogP contribution in [0.2, 0.25) is 0 Å². The SMILES string of the molecule is COC(=O)C(O)CN1CC2(CCCCCC2)C1. The van der Waals surface area contributed by atoms with Crippen LogP contribution >= 0.6 is 0 Å². The third-order valence-electron chi connectivity index (χ3n) is 4.19. The summed E-state index contributed by atoms with van der Waals surface area (Å²) < 4.78 is 4.52. The van der Waals surface area contributed by atoms with E-state index in [0.717, 1.165) is 13.1 Å². The van der Waals surface area contributed by atoms with E-state index in [9.17, 15) is 9.90 Å². The highest BCUT2D eigenvalue weighted by Gasteiger charge is 2.43. The molecule has 1 aliphatic carbocycles. The topological polar surface area (TPSA) is 49.8 Å². The molecular weight excluding hydrogens is 218 g/mol. The number of rotatable bonds is 3. The summed E-state index contributed by atoms with van der Waals surface area (Å²) in [6, 6.07) is 0. The first-order valence-electron chi connectivity index (χ1n) is 6.63. The molecule has 1 saturated carbocycles. The first-order valence-corrected chi connectivity index (χ1v) is 6.63. The number of β-amino-alcohol motifs (C(OH)–C–C–N with tert-alkyl or cyclic N) is 1. The minimum Gasteiger partial charge on any atom is -0.467 e. The van der Waals surface area contributed by atoms with E-state index in [-0.39, 0.29) is 0 Å². The molecule has 1 N–H and O–H groups in total. The summed E-state index contributed by atoms with van der Waals surface area (Å²) in [6.07, 6.45) is 7.07. The summed E-state index contributed by atoms with van der Waals surface area (Å²) >= 11 is 0. The van der Waals surface area contributed by atoms with E-state index in [1.807, 2.05) is 0 Å². The van der Waals surface area contributed by atoms with E-state index in [0.29, 0.717) is 12.0 Å². The Bertz CT molecular complexity index is 264. The summed E-state index contributed by atoms with van der Waals surface area (Å²) in [5.74, 6) is -0.521. The predicted molar refractivity (Wildman–Crippen MR) is 64.6 cm³/mol. The molecule has 4 heteroatoms. The molecule has 1 atom stereocenters. The smallest absolute Gasteiger partial charge is 0.336 e.